The number of aryl methyl sites for hydroxylation is 2. The van der Waals surface area contributed by atoms with Crippen molar-refractivity contribution in [2.24, 2.45) is 5.92 Å². The SMILES string of the molecule is CC(=O)N1CCC(COc2ccc3cc2CCc2cncc(c2)Nc2ncc(Cl)c(n2)N3)C1.O=C(O)C(F)(F)F.O=C(O)C(F)(F)F. The summed E-state index contributed by atoms with van der Waals surface area (Å²) in [4.78, 5) is 44.5. The number of likely N-dealkylation sites (tertiary alicyclic amines) is 1. The minimum absolute atomic E-state index is 0.128. The van der Waals surface area contributed by atoms with Gasteiger partial charge in [-0.05, 0) is 54.7 Å². The molecule has 0 saturated carbocycles. The lowest BCUT2D eigenvalue weighted by Gasteiger charge is -2.17. The van der Waals surface area contributed by atoms with Crippen molar-refractivity contribution in [1.29, 1.82) is 0 Å². The highest BCUT2D eigenvalue weighted by Crippen LogP contribution is 2.31. The fourth-order valence-corrected chi connectivity index (χ4v) is 4.35. The van der Waals surface area contributed by atoms with Crippen LogP contribution in [0.4, 0.5) is 49.5 Å². The minimum atomic E-state index is -5.08. The number of fused-ring (bicyclic) bond motifs is 6. The molecular formula is C28H27ClF6N6O6. The molecule has 19 heteroatoms. The molecule has 254 valence electrons. The second-order valence-corrected chi connectivity index (χ2v) is 10.5. The summed E-state index contributed by atoms with van der Waals surface area (Å²) in [6.45, 7) is 3.77. The lowest BCUT2D eigenvalue weighted by atomic mass is 10.0. The summed E-state index contributed by atoms with van der Waals surface area (Å²) in [5.41, 5.74) is 3.88. The molecule has 5 rings (SSSR count). The highest BCUT2D eigenvalue weighted by molar-refractivity contribution is 6.32. The molecule has 6 bridgehead atoms. The molecule has 1 unspecified atom stereocenters. The molecule has 1 amide bonds. The Morgan fingerprint density at radius 1 is 0.979 bits per heavy atom. The molecule has 3 aromatic rings. The molecule has 4 N–H and O–H groups in total. The zero-order valence-electron chi connectivity index (χ0n) is 24.3. The van der Waals surface area contributed by atoms with E-state index in [1.54, 1.807) is 19.3 Å². The van der Waals surface area contributed by atoms with Crippen molar-refractivity contribution < 1.29 is 55.7 Å². The number of nitrogens with zero attached hydrogens (tertiary/aromatic N) is 4. The van der Waals surface area contributed by atoms with E-state index in [9.17, 15) is 31.1 Å². The molecule has 0 spiro atoms. The zero-order chi connectivity index (χ0) is 34.9. The number of pyridine rings is 1. The number of anilines is 4. The maximum absolute atomic E-state index is 11.6. The topological polar surface area (TPSA) is 167 Å². The van der Waals surface area contributed by atoms with E-state index < -0.39 is 24.3 Å². The monoisotopic (exact) mass is 692 g/mol. The first-order chi connectivity index (χ1) is 21.9. The Morgan fingerprint density at radius 2 is 1.64 bits per heavy atom. The van der Waals surface area contributed by atoms with E-state index in [0.29, 0.717) is 29.3 Å². The standard InChI is InChI=1S/C24H25ClN6O2.2C2HF3O2/c1-15(32)31-7-6-17(13-31)14-33-22-5-4-19-9-18(22)3-2-16-8-20(11-26-10-16)29-24-27-12-21(25)23(28-19)30-24;2*3-2(4,5)1(6)7/h4-5,8-12,17H,2-3,6-7,13-14H2,1H3,(H2,27,28,29,30);2*(H,6,7). The minimum Gasteiger partial charge on any atom is -0.493 e. The number of hydrogen-bond donors (Lipinski definition) is 4. The molecular weight excluding hydrogens is 666 g/mol. The van der Waals surface area contributed by atoms with Crippen molar-refractivity contribution in [1.82, 2.24) is 19.9 Å². The molecule has 12 nitrogen and oxygen atoms in total. The molecule has 1 saturated heterocycles. The average Bonchev–Trinajstić information content (AvgIpc) is 3.46. The molecule has 2 aliphatic heterocycles. The molecule has 0 aliphatic carbocycles. The Kier molecular flexibility index (Phi) is 12.2. The predicted octanol–water partition coefficient (Wildman–Crippen LogP) is 5.62. The lowest BCUT2D eigenvalue weighted by molar-refractivity contribution is -0.193. The van der Waals surface area contributed by atoms with Crippen molar-refractivity contribution in [2.75, 3.05) is 30.3 Å². The number of amides is 1. The van der Waals surface area contributed by atoms with Crippen molar-refractivity contribution >= 4 is 52.6 Å². The Labute approximate surface area is 267 Å². The molecule has 4 heterocycles. The van der Waals surface area contributed by atoms with Gasteiger partial charge in [0.2, 0.25) is 11.9 Å². The fourth-order valence-electron chi connectivity index (χ4n) is 4.21. The smallest absolute Gasteiger partial charge is 0.490 e. The van der Waals surface area contributed by atoms with Gasteiger partial charge in [-0.2, -0.15) is 31.3 Å². The highest BCUT2D eigenvalue weighted by Gasteiger charge is 2.39. The number of aliphatic carboxylic acids is 2. The van der Waals surface area contributed by atoms with E-state index in [1.807, 2.05) is 23.2 Å². The van der Waals surface area contributed by atoms with Gasteiger partial charge in [-0.25, -0.2) is 14.6 Å². The second kappa shape index (κ2) is 15.6. The number of aromatic nitrogens is 3. The van der Waals surface area contributed by atoms with Crippen LogP contribution in [0.2, 0.25) is 5.02 Å². The van der Waals surface area contributed by atoms with Gasteiger partial charge in [-0.1, -0.05) is 11.6 Å². The van der Waals surface area contributed by atoms with Crippen molar-refractivity contribution in [2.45, 2.75) is 38.5 Å². The van der Waals surface area contributed by atoms with Crippen LogP contribution in [0.5, 0.6) is 5.75 Å². The van der Waals surface area contributed by atoms with E-state index in [-0.39, 0.29) is 5.91 Å². The van der Waals surface area contributed by atoms with Crippen molar-refractivity contribution in [3.05, 3.63) is 59.0 Å². The van der Waals surface area contributed by atoms with Crippen LogP contribution in [0.3, 0.4) is 0 Å². The molecule has 1 fully saturated rings. The summed E-state index contributed by atoms with van der Waals surface area (Å²) in [5, 5.41) is 21.2. The Balaban J connectivity index is 0.000000360. The first kappa shape index (κ1) is 36.6. The van der Waals surface area contributed by atoms with Gasteiger partial charge in [-0.3, -0.25) is 9.78 Å². The van der Waals surface area contributed by atoms with E-state index in [1.165, 1.54) is 0 Å². The highest BCUT2D eigenvalue weighted by atomic mass is 35.5. The van der Waals surface area contributed by atoms with Gasteiger partial charge in [-0.15, -0.1) is 0 Å². The number of carboxylic acid groups (broad SMARTS) is 2. The summed E-state index contributed by atoms with van der Waals surface area (Å²) in [5.74, 6) is -3.22. The van der Waals surface area contributed by atoms with E-state index in [4.69, 9.17) is 36.1 Å². The maximum atomic E-state index is 11.6. The summed E-state index contributed by atoms with van der Waals surface area (Å²) in [6.07, 6.45) is -2.42. The number of rotatable bonds is 3. The summed E-state index contributed by atoms with van der Waals surface area (Å²) < 4.78 is 69.7. The number of ether oxygens (including phenoxy) is 1. The van der Waals surface area contributed by atoms with Gasteiger partial charge in [0.25, 0.3) is 0 Å². The zero-order valence-corrected chi connectivity index (χ0v) is 25.1. The van der Waals surface area contributed by atoms with Crippen LogP contribution in [0.15, 0.2) is 42.9 Å². The second-order valence-electron chi connectivity index (χ2n) is 10.1. The van der Waals surface area contributed by atoms with Crippen molar-refractivity contribution in [3.8, 4) is 5.75 Å². The van der Waals surface area contributed by atoms with Crippen LogP contribution in [-0.4, -0.2) is 80.0 Å². The van der Waals surface area contributed by atoms with Crippen molar-refractivity contribution in [3.63, 3.8) is 0 Å². The number of alkyl halides is 6. The number of carbonyl (C=O) groups excluding carboxylic acids is 1. The first-order valence-corrected chi connectivity index (χ1v) is 13.9. The third-order valence-electron chi connectivity index (χ3n) is 6.49. The normalized spacial score (nSPS) is 15.4. The van der Waals surface area contributed by atoms with Crippen LogP contribution in [0.25, 0.3) is 0 Å². The number of nitrogens with one attached hydrogen (secondary N) is 2. The number of halogens is 7. The van der Waals surface area contributed by atoms with Gasteiger partial charge >= 0.3 is 24.3 Å². The van der Waals surface area contributed by atoms with Crippen LogP contribution in [0.1, 0.15) is 24.5 Å². The van der Waals surface area contributed by atoms with Gasteiger partial charge < -0.3 is 30.5 Å². The quantitative estimate of drug-likeness (QED) is 0.252. The molecule has 1 aromatic carbocycles. The largest absolute Gasteiger partial charge is 0.493 e. The number of carbonyl (C=O) groups is 3. The summed E-state index contributed by atoms with van der Waals surface area (Å²) >= 11 is 6.34. The molecule has 2 aliphatic rings. The van der Waals surface area contributed by atoms with Gasteiger partial charge in [0.1, 0.15) is 10.8 Å². The van der Waals surface area contributed by atoms with Crippen LogP contribution in [0, 0.1) is 5.92 Å². The first-order valence-electron chi connectivity index (χ1n) is 13.5. The van der Waals surface area contributed by atoms with E-state index >= 15 is 0 Å². The van der Waals surface area contributed by atoms with Gasteiger partial charge in [0, 0.05) is 37.8 Å². The molecule has 1 atom stereocenters. The Bertz CT molecular complexity index is 1570. The summed E-state index contributed by atoms with van der Waals surface area (Å²) in [7, 11) is 0. The summed E-state index contributed by atoms with van der Waals surface area (Å²) in [6, 6.07) is 8.07. The van der Waals surface area contributed by atoms with E-state index in [0.717, 1.165) is 60.6 Å². The molecule has 47 heavy (non-hydrogen) atoms. The van der Waals surface area contributed by atoms with Gasteiger partial charge in [0.15, 0.2) is 5.82 Å². The third kappa shape index (κ3) is 11.5. The van der Waals surface area contributed by atoms with Crippen LogP contribution in [-0.2, 0) is 27.2 Å². The maximum Gasteiger partial charge on any atom is 0.490 e. The Hall–Kier alpha value is -4.87. The lowest BCUT2D eigenvalue weighted by Crippen LogP contribution is -2.27. The predicted molar refractivity (Wildman–Crippen MR) is 155 cm³/mol. The number of hydrogen-bond acceptors (Lipinski definition) is 9. The van der Waals surface area contributed by atoms with Gasteiger partial charge in [0.05, 0.1) is 24.7 Å². The Morgan fingerprint density at radius 3 is 2.23 bits per heavy atom. The fraction of sp³-hybridized carbons (Fsp3) is 0.357. The van der Waals surface area contributed by atoms with Crippen LogP contribution < -0.4 is 15.4 Å². The van der Waals surface area contributed by atoms with Crippen LogP contribution >= 0.6 is 11.6 Å². The third-order valence-corrected chi connectivity index (χ3v) is 6.77. The molecule has 2 aromatic heterocycles. The molecule has 0 radical (unpaired) electrons. The average molecular weight is 693 g/mol. The number of benzene rings is 1. The van der Waals surface area contributed by atoms with E-state index in [2.05, 4.69) is 37.7 Å². The number of carboxylic acids is 2.